The van der Waals surface area contributed by atoms with Crippen LogP contribution < -0.4 is 4.90 Å². The van der Waals surface area contributed by atoms with Gasteiger partial charge in [0.25, 0.3) is 0 Å². The van der Waals surface area contributed by atoms with Crippen LogP contribution >= 0.6 is 0 Å². The van der Waals surface area contributed by atoms with Crippen LogP contribution in [-0.2, 0) is 0 Å². The summed E-state index contributed by atoms with van der Waals surface area (Å²) in [7, 11) is 2.12. The van der Waals surface area contributed by atoms with Gasteiger partial charge in [-0.25, -0.2) is 9.78 Å². The number of nitrogens with zero attached hydrogens (tertiary/aromatic N) is 3. The molecule has 5 heteroatoms. The lowest BCUT2D eigenvalue weighted by molar-refractivity contribution is 0.0690. The first-order valence-corrected chi connectivity index (χ1v) is 5.79. The smallest absolute Gasteiger partial charge is 0.354 e. The van der Waals surface area contributed by atoms with E-state index in [0.29, 0.717) is 0 Å². The van der Waals surface area contributed by atoms with Crippen molar-refractivity contribution in [3.8, 4) is 0 Å². The Kier molecular flexibility index (Phi) is 3.58. The van der Waals surface area contributed by atoms with Crippen molar-refractivity contribution in [1.29, 1.82) is 0 Å². The molecule has 1 N–H and O–H groups in total. The van der Waals surface area contributed by atoms with Crippen molar-refractivity contribution in [3.63, 3.8) is 0 Å². The van der Waals surface area contributed by atoms with Gasteiger partial charge in [0.2, 0.25) is 0 Å². The molecule has 5 nitrogen and oxygen atoms in total. The van der Waals surface area contributed by atoms with E-state index in [2.05, 4.69) is 21.8 Å². The van der Waals surface area contributed by atoms with Gasteiger partial charge < -0.3 is 14.9 Å². The van der Waals surface area contributed by atoms with E-state index in [1.54, 1.807) is 12.3 Å². The summed E-state index contributed by atoms with van der Waals surface area (Å²) in [6, 6.07) is 3.40. The van der Waals surface area contributed by atoms with E-state index in [1.165, 1.54) is 0 Å². The van der Waals surface area contributed by atoms with Gasteiger partial charge in [-0.3, -0.25) is 0 Å². The Morgan fingerprint density at radius 1 is 1.29 bits per heavy atom. The molecule has 0 aliphatic carbocycles. The fraction of sp³-hybridized carbons (Fsp3) is 0.500. The minimum atomic E-state index is -0.979. The largest absolute Gasteiger partial charge is 0.477 e. The molecule has 2 heterocycles. The number of rotatable bonds is 2. The van der Waals surface area contributed by atoms with Crippen LogP contribution in [-0.4, -0.2) is 54.2 Å². The van der Waals surface area contributed by atoms with Gasteiger partial charge in [-0.05, 0) is 32.1 Å². The number of hydrogen-bond acceptors (Lipinski definition) is 4. The van der Waals surface area contributed by atoms with Gasteiger partial charge in [0, 0.05) is 19.6 Å². The summed E-state index contributed by atoms with van der Waals surface area (Å²) < 4.78 is 0. The summed E-state index contributed by atoms with van der Waals surface area (Å²) in [4.78, 5) is 19.2. The Morgan fingerprint density at radius 2 is 2.12 bits per heavy atom. The van der Waals surface area contributed by atoms with Crippen molar-refractivity contribution in [2.24, 2.45) is 0 Å². The predicted octanol–water partition coefficient (Wildman–Crippen LogP) is 0.922. The molecule has 1 aliphatic rings. The van der Waals surface area contributed by atoms with Crippen LogP contribution in [0, 0.1) is 0 Å². The number of hydrogen-bond donors (Lipinski definition) is 1. The standard InChI is InChI=1S/C12H17N3O2/c1-14-5-2-6-15(8-7-14)10-3-4-11(12(16)17)13-9-10/h3-4,9H,2,5-8H2,1H3,(H,16,17). The van der Waals surface area contributed by atoms with Gasteiger partial charge >= 0.3 is 5.97 Å². The molecular weight excluding hydrogens is 218 g/mol. The van der Waals surface area contributed by atoms with E-state index in [1.807, 2.05) is 6.07 Å². The highest BCUT2D eigenvalue weighted by molar-refractivity contribution is 5.85. The summed E-state index contributed by atoms with van der Waals surface area (Å²) in [5.41, 5.74) is 1.10. The number of carboxylic acid groups (broad SMARTS) is 1. The molecule has 92 valence electrons. The van der Waals surface area contributed by atoms with Gasteiger partial charge in [-0.2, -0.15) is 0 Å². The second-order valence-corrected chi connectivity index (χ2v) is 4.35. The number of pyridine rings is 1. The molecule has 0 saturated carbocycles. The summed E-state index contributed by atoms with van der Waals surface area (Å²) in [5.74, 6) is -0.979. The minimum Gasteiger partial charge on any atom is -0.477 e. The quantitative estimate of drug-likeness (QED) is 0.826. The maximum atomic E-state index is 10.7. The van der Waals surface area contributed by atoms with Gasteiger partial charge in [0.1, 0.15) is 5.69 Å². The van der Waals surface area contributed by atoms with E-state index in [0.717, 1.165) is 38.3 Å². The Balaban J connectivity index is 2.08. The molecule has 0 amide bonds. The first-order valence-electron chi connectivity index (χ1n) is 5.79. The van der Waals surface area contributed by atoms with Crippen molar-refractivity contribution in [2.45, 2.75) is 6.42 Å². The summed E-state index contributed by atoms with van der Waals surface area (Å²) >= 11 is 0. The first kappa shape index (κ1) is 11.9. The van der Waals surface area contributed by atoms with Crippen LogP contribution in [0.25, 0.3) is 0 Å². The lowest BCUT2D eigenvalue weighted by Gasteiger charge is -2.22. The number of carboxylic acids is 1. The number of carbonyl (C=O) groups is 1. The van der Waals surface area contributed by atoms with Gasteiger partial charge in [0.05, 0.1) is 11.9 Å². The van der Waals surface area contributed by atoms with E-state index in [4.69, 9.17) is 5.11 Å². The first-order chi connectivity index (χ1) is 8.16. The SMILES string of the molecule is CN1CCCN(c2ccc(C(=O)O)nc2)CC1. The van der Waals surface area contributed by atoms with Crippen LogP contribution in [0.2, 0.25) is 0 Å². The van der Waals surface area contributed by atoms with Crippen LogP contribution in [0.4, 0.5) is 5.69 Å². The second-order valence-electron chi connectivity index (χ2n) is 4.35. The highest BCUT2D eigenvalue weighted by atomic mass is 16.4. The van der Waals surface area contributed by atoms with E-state index >= 15 is 0 Å². The molecule has 1 aromatic rings. The summed E-state index contributed by atoms with van der Waals surface area (Å²) in [5, 5.41) is 8.78. The molecule has 0 atom stereocenters. The molecule has 0 unspecified atom stereocenters. The molecule has 17 heavy (non-hydrogen) atoms. The fourth-order valence-corrected chi connectivity index (χ4v) is 2.00. The molecule has 0 bridgehead atoms. The van der Waals surface area contributed by atoms with Crippen molar-refractivity contribution >= 4 is 11.7 Å². The van der Waals surface area contributed by atoms with Gasteiger partial charge in [-0.1, -0.05) is 0 Å². The number of aromatic carboxylic acids is 1. The number of aromatic nitrogens is 1. The van der Waals surface area contributed by atoms with Crippen LogP contribution in [0.3, 0.4) is 0 Å². The van der Waals surface area contributed by atoms with Crippen LogP contribution in [0.5, 0.6) is 0 Å². The minimum absolute atomic E-state index is 0.0979. The predicted molar refractivity (Wildman–Crippen MR) is 65.5 cm³/mol. The number of likely N-dealkylation sites (N-methyl/N-ethyl adjacent to an activating group) is 1. The highest BCUT2D eigenvalue weighted by Crippen LogP contribution is 2.15. The fourth-order valence-electron chi connectivity index (χ4n) is 2.00. The van der Waals surface area contributed by atoms with Crippen LogP contribution in [0.1, 0.15) is 16.9 Å². The molecular formula is C12H17N3O2. The molecule has 1 fully saturated rings. The monoisotopic (exact) mass is 235 g/mol. The topological polar surface area (TPSA) is 56.7 Å². The summed E-state index contributed by atoms with van der Waals surface area (Å²) in [6.07, 6.45) is 2.77. The lowest BCUT2D eigenvalue weighted by Crippen LogP contribution is -2.28. The normalized spacial score (nSPS) is 17.8. The third kappa shape index (κ3) is 2.94. The Labute approximate surface area is 101 Å². The average molecular weight is 235 g/mol. The lowest BCUT2D eigenvalue weighted by atomic mass is 10.3. The molecule has 1 aromatic heterocycles. The Hall–Kier alpha value is -1.62. The molecule has 1 saturated heterocycles. The molecule has 1 aliphatic heterocycles. The average Bonchev–Trinajstić information content (AvgIpc) is 2.54. The van der Waals surface area contributed by atoms with E-state index < -0.39 is 5.97 Å². The van der Waals surface area contributed by atoms with E-state index in [9.17, 15) is 4.79 Å². The Morgan fingerprint density at radius 3 is 2.76 bits per heavy atom. The zero-order valence-electron chi connectivity index (χ0n) is 9.96. The van der Waals surface area contributed by atoms with Crippen LogP contribution in [0.15, 0.2) is 18.3 Å². The van der Waals surface area contributed by atoms with Crippen molar-refractivity contribution in [3.05, 3.63) is 24.0 Å². The second kappa shape index (κ2) is 5.14. The van der Waals surface area contributed by atoms with Crippen molar-refractivity contribution < 1.29 is 9.90 Å². The maximum absolute atomic E-state index is 10.7. The molecule has 0 radical (unpaired) electrons. The zero-order valence-corrected chi connectivity index (χ0v) is 9.96. The van der Waals surface area contributed by atoms with E-state index in [-0.39, 0.29) is 5.69 Å². The van der Waals surface area contributed by atoms with Crippen molar-refractivity contribution in [2.75, 3.05) is 38.1 Å². The van der Waals surface area contributed by atoms with Gasteiger partial charge in [0.15, 0.2) is 0 Å². The zero-order chi connectivity index (χ0) is 12.3. The third-order valence-electron chi connectivity index (χ3n) is 3.05. The number of anilines is 1. The Bertz CT molecular complexity index is 391. The van der Waals surface area contributed by atoms with Crippen molar-refractivity contribution in [1.82, 2.24) is 9.88 Å². The highest BCUT2D eigenvalue weighted by Gasteiger charge is 2.13. The van der Waals surface area contributed by atoms with Gasteiger partial charge in [-0.15, -0.1) is 0 Å². The molecule has 0 spiro atoms. The molecule has 0 aromatic carbocycles. The molecule has 2 rings (SSSR count). The summed E-state index contributed by atoms with van der Waals surface area (Å²) in [6.45, 7) is 4.10. The maximum Gasteiger partial charge on any atom is 0.354 e. The third-order valence-corrected chi connectivity index (χ3v) is 3.05.